The van der Waals surface area contributed by atoms with Crippen molar-refractivity contribution in [3.63, 3.8) is 0 Å². The van der Waals surface area contributed by atoms with Crippen molar-refractivity contribution in [1.82, 2.24) is 0 Å². The Morgan fingerprint density at radius 1 is 0.296 bits per heavy atom. The molecule has 0 saturated carbocycles. The maximum atomic E-state index is 13.1. The zero-order valence-electron chi connectivity index (χ0n) is 64.3. The van der Waals surface area contributed by atoms with Crippen LogP contribution < -0.4 is 0 Å². The molecule has 98 heavy (non-hydrogen) atoms. The Morgan fingerprint density at radius 2 is 0.520 bits per heavy atom. The summed E-state index contributed by atoms with van der Waals surface area (Å²) >= 11 is 0. The highest BCUT2D eigenvalue weighted by atomic mass is 31.2. The first-order valence-corrected chi connectivity index (χ1v) is 43.9. The summed E-state index contributed by atoms with van der Waals surface area (Å²) in [4.78, 5) is 72.9. The molecule has 0 spiro atoms. The number of hydrogen-bond donors (Lipinski definition) is 3. The van der Waals surface area contributed by atoms with Crippen LogP contribution in [0.5, 0.6) is 0 Å². The molecule has 19 heteroatoms. The number of aliphatic hydroxyl groups excluding tert-OH is 1. The van der Waals surface area contributed by atoms with E-state index in [1.165, 1.54) is 212 Å². The first kappa shape index (κ1) is 96.1. The molecule has 0 amide bonds. The molecule has 0 aromatic rings. The average molecular weight is 1440 g/mol. The topological polar surface area (TPSA) is 237 Å². The number of phosphoric ester groups is 2. The Morgan fingerprint density at radius 3 is 0.776 bits per heavy atom. The van der Waals surface area contributed by atoms with Gasteiger partial charge in [0.2, 0.25) is 0 Å². The van der Waals surface area contributed by atoms with E-state index in [4.69, 9.17) is 37.0 Å². The van der Waals surface area contributed by atoms with Gasteiger partial charge in [0.25, 0.3) is 0 Å². The zero-order chi connectivity index (χ0) is 72.3. The number of carbonyl (C=O) groups is 4. The van der Waals surface area contributed by atoms with Crippen molar-refractivity contribution in [3.8, 4) is 0 Å². The fourth-order valence-corrected chi connectivity index (χ4v) is 13.7. The second-order valence-corrected chi connectivity index (χ2v) is 32.6. The Bertz CT molecular complexity index is 1910. The summed E-state index contributed by atoms with van der Waals surface area (Å²) in [6.07, 6.45) is 57.0. The van der Waals surface area contributed by atoms with Crippen LogP contribution in [0.15, 0.2) is 0 Å². The summed E-state index contributed by atoms with van der Waals surface area (Å²) in [5.41, 5.74) is 0. The first-order valence-electron chi connectivity index (χ1n) is 40.9. The molecule has 3 unspecified atom stereocenters. The lowest BCUT2D eigenvalue weighted by Gasteiger charge is -2.21. The predicted octanol–water partition coefficient (Wildman–Crippen LogP) is 23.4. The number of phosphoric acid groups is 2. The molecule has 0 fully saturated rings. The van der Waals surface area contributed by atoms with E-state index in [1.807, 2.05) is 0 Å². The Kier molecular flexibility index (Phi) is 68.1. The lowest BCUT2D eigenvalue weighted by Crippen LogP contribution is -2.30. The van der Waals surface area contributed by atoms with Crippen LogP contribution in [0.4, 0.5) is 0 Å². The molecule has 0 heterocycles. The molecule has 0 bridgehead atoms. The molecular weight excluding hydrogens is 1280 g/mol. The second kappa shape index (κ2) is 69.4. The van der Waals surface area contributed by atoms with E-state index in [1.54, 1.807) is 0 Å². The van der Waals surface area contributed by atoms with Crippen LogP contribution in [-0.2, 0) is 65.4 Å². The summed E-state index contributed by atoms with van der Waals surface area (Å²) in [5.74, 6) is 0.161. The molecule has 17 nitrogen and oxygen atoms in total. The highest BCUT2D eigenvalue weighted by molar-refractivity contribution is 7.47. The summed E-state index contributed by atoms with van der Waals surface area (Å²) in [6.45, 7) is 11.9. The molecular formula is C79H154O17P2. The zero-order valence-corrected chi connectivity index (χ0v) is 66.0. The number of hydrogen-bond acceptors (Lipinski definition) is 15. The van der Waals surface area contributed by atoms with E-state index >= 15 is 0 Å². The average Bonchev–Trinajstić information content (AvgIpc) is 1.00. The lowest BCUT2D eigenvalue weighted by molar-refractivity contribution is -0.161. The van der Waals surface area contributed by atoms with Gasteiger partial charge in [-0.1, -0.05) is 357 Å². The quantitative estimate of drug-likeness (QED) is 0.0222. The van der Waals surface area contributed by atoms with Crippen molar-refractivity contribution in [2.75, 3.05) is 39.6 Å². The van der Waals surface area contributed by atoms with Crippen molar-refractivity contribution in [3.05, 3.63) is 0 Å². The molecule has 0 radical (unpaired) electrons. The van der Waals surface area contributed by atoms with Crippen LogP contribution in [0.25, 0.3) is 0 Å². The van der Waals surface area contributed by atoms with Crippen LogP contribution in [0.3, 0.4) is 0 Å². The summed E-state index contributed by atoms with van der Waals surface area (Å²) < 4.78 is 68.6. The molecule has 3 N–H and O–H groups in total. The normalized spacial score (nSPS) is 14.3. The van der Waals surface area contributed by atoms with Gasteiger partial charge in [0.1, 0.15) is 19.3 Å². The Hall–Kier alpha value is -1.94. The third-order valence-electron chi connectivity index (χ3n) is 18.7. The van der Waals surface area contributed by atoms with Gasteiger partial charge in [-0.15, -0.1) is 0 Å². The highest BCUT2D eigenvalue weighted by Gasteiger charge is 2.30. The maximum absolute atomic E-state index is 13.1. The number of unbranched alkanes of at least 4 members (excludes halogenated alkanes) is 44. The van der Waals surface area contributed by atoms with Gasteiger partial charge < -0.3 is 33.8 Å². The van der Waals surface area contributed by atoms with Crippen molar-refractivity contribution < 1.29 is 80.2 Å². The van der Waals surface area contributed by atoms with E-state index in [9.17, 15) is 43.2 Å². The minimum Gasteiger partial charge on any atom is -0.462 e. The van der Waals surface area contributed by atoms with E-state index in [2.05, 4.69) is 48.5 Å². The lowest BCUT2D eigenvalue weighted by atomic mass is 10.00. The fraction of sp³-hybridized carbons (Fsp3) is 0.949. The van der Waals surface area contributed by atoms with Gasteiger partial charge in [0.15, 0.2) is 12.2 Å². The SMILES string of the molecule is CCCCCCCCCCCCCCCCCCCC(=O)OC[C@H](COP(=O)(O)OC[C@@H](O)COP(=O)(O)OC[C@@H](COC(=O)CCCCCCCCC(C)CC)OC(=O)CCCCCCCCCCCC(C)C)OC(=O)CCCCCCCCCCCCCCCCCCC(C)C. The highest BCUT2D eigenvalue weighted by Crippen LogP contribution is 2.45. The molecule has 0 aromatic heterocycles. The third-order valence-corrected chi connectivity index (χ3v) is 20.6. The standard InChI is InChI=1S/C79H154O17P2/c1-8-10-11-12-13-14-15-16-17-18-22-25-28-33-38-46-53-60-76(81)89-66-74(95-78(83)62-55-48-39-34-29-26-23-20-19-21-24-27-31-36-43-50-57-70(3)4)68-93-97(85,86)91-64-73(80)65-92-98(87,88)94-69-75(67-90-77(82)61-54-47-42-41-45-52-59-72(7)9-2)96-79(84)63-56-49-40-35-30-32-37-44-51-58-71(5)6/h70-75,80H,8-69H2,1-7H3,(H,85,86)(H,87,88)/t72?,73-,74-,75-/m1/s1. The Balaban J connectivity index is 5.24. The molecule has 582 valence electrons. The molecule has 0 aliphatic heterocycles. The number of rotatable bonds is 77. The fourth-order valence-electron chi connectivity index (χ4n) is 12.1. The van der Waals surface area contributed by atoms with Gasteiger partial charge >= 0.3 is 39.5 Å². The van der Waals surface area contributed by atoms with Gasteiger partial charge in [0.05, 0.1) is 26.4 Å². The smallest absolute Gasteiger partial charge is 0.462 e. The number of aliphatic hydroxyl groups is 1. The summed E-state index contributed by atoms with van der Waals surface area (Å²) in [5, 5.41) is 10.6. The number of carbonyl (C=O) groups excluding carboxylic acids is 4. The monoisotopic (exact) mass is 1440 g/mol. The minimum absolute atomic E-state index is 0.104. The minimum atomic E-state index is -4.96. The second-order valence-electron chi connectivity index (χ2n) is 29.6. The van der Waals surface area contributed by atoms with E-state index in [0.717, 1.165) is 114 Å². The molecule has 0 aromatic carbocycles. The van der Waals surface area contributed by atoms with E-state index < -0.39 is 97.5 Å². The summed E-state index contributed by atoms with van der Waals surface area (Å²) in [7, 11) is -9.92. The number of ether oxygens (including phenoxy) is 4. The molecule has 0 aliphatic rings. The first-order chi connectivity index (χ1) is 47.3. The van der Waals surface area contributed by atoms with E-state index in [0.29, 0.717) is 25.7 Å². The van der Waals surface area contributed by atoms with Gasteiger partial charge in [0, 0.05) is 25.7 Å². The van der Waals surface area contributed by atoms with E-state index in [-0.39, 0.29) is 25.7 Å². The molecule has 6 atom stereocenters. The van der Waals surface area contributed by atoms with Gasteiger partial charge in [-0.2, -0.15) is 0 Å². The van der Waals surface area contributed by atoms with Crippen LogP contribution in [0, 0.1) is 17.8 Å². The summed E-state index contributed by atoms with van der Waals surface area (Å²) in [6, 6.07) is 0. The van der Waals surface area contributed by atoms with Crippen LogP contribution >= 0.6 is 15.6 Å². The molecule has 0 saturated heterocycles. The van der Waals surface area contributed by atoms with Gasteiger partial charge in [-0.3, -0.25) is 37.3 Å². The van der Waals surface area contributed by atoms with Crippen LogP contribution in [-0.4, -0.2) is 96.7 Å². The van der Waals surface area contributed by atoms with Crippen molar-refractivity contribution in [1.29, 1.82) is 0 Å². The van der Waals surface area contributed by atoms with Crippen molar-refractivity contribution >= 4 is 39.5 Å². The largest absolute Gasteiger partial charge is 0.472 e. The van der Waals surface area contributed by atoms with Crippen LogP contribution in [0.1, 0.15) is 408 Å². The van der Waals surface area contributed by atoms with Crippen LogP contribution in [0.2, 0.25) is 0 Å². The Labute approximate surface area is 600 Å². The maximum Gasteiger partial charge on any atom is 0.472 e. The number of esters is 4. The van der Waals surface area contributed by atoms with Gasteiger partial charge in [-0.25, -0.2) is 9.13 Å². The van der Waals surface area contributed by atoms with Crippen molar-refractivity contribution in [2.24, 2.45) is 17.8 Å². The third kappa shape index (κ3) is 71.1. The predicted molar refractivity (Wildman–Crippen MR) is 400 cm³/mol. The molecule has 0 rings (SSSR count). The van der Waals surface area contributed by atoms with Gasteiger partial charge in [-0.05, 0) is 43.4 Å². The molecule has 0 aliphatic carbocycles. The van der Waals surface area contributed by atoms with Crippen molar-refractivity contribution in [2.45, 2.75) is 426 Å².